The first-order chi connectivity index (χ1) is 17.6. The minimum Gasteiger partial charge on any atom is -0.493 e. The molecule has 0 amide bonds. The van der Waals surface area contributed by atoms with E-state index in [0.29, 0.717) is 22.9 Å². The average molecular weight is 545 g/mol. The van der Waals surface area contributed by atoms with Gasteiger partial charge in [0.05, 0.1) is 36.1 Å². The Balaban J connectivity index is 1.67. The highest BCUT2D eigenvalue weighted by molar-refractivity contribution is 7.47. The van der Waals surface area contributed by atoms with Crippen molar-refractivity contribution in [3.05, 3.63) is 60.0 Å². The Morgan fingerprint density at radius 1 is 1.00 bits per heavy atom. The summed E-state index contributed by atoms with van der Waals surface area (Å²) in [4.78, 5) is 19.3. The summed E-state index contributed by atoms with van der Waals surface area (Å²) in [5.74, 6) is 1.48. The SMILES string of the molecule is COc1cc(-c2nc(-c3ccccc3)c(-c3cccs3)[nH]2)cc(OC)c1OCOP(=O)(O)OC(C)(C)C. The predicted octanol–water partition coefficient (Wildman–Crippen LogP) is 6.76. The van der Waals surface area contributed by atoms with Gasteiger partial charge in [0.2, 0.25) is 12.5 Å². The third-order valence-electron chi connectivity index (χ3n) is 5.06. The number of thiophene rings is 1. The Hall–Kier alpha value is -3.14. The normalized spacial score (nSPS) is 13.2. The van der Waals surface area contributed by atoms with E-state index in [4.69, 9.17) is 28.2 Å². The van der Waals surface area contributed by atoms with Crippen molar-refractivity contribution in [2.75, 3.05) is 21.0 Å². The van der Waals surface area contributed by atoms with Gasteiger partial charge in [0.25, 0.3) is 0 Å². The number of methoxy groups -OCH3 is 2. The molecule has 0 bridgehead atoms. The zero-order valence-corrected chi connectivity index (χ0v) is 22.9. The Labute approximate surface area is 219 Å². The number of nitrogens with zero attached hydrogens (tertiary/aromatic N) is 1. The zero-order valence-electron chi connectivity index (χ0n) is 21.2. The Morgan fingerprint density at radius 2 is 1.68 bits per heavy atom. The van der Waals surface area contributed by atoms with E-state index in [0.717, 1.165) is 21.8 Å². The lowest BCUT2D eigenvalue weighted by molar-refractivity contribution is 0.0244. The van der Waals surface area contributed by atoms with E-state index >= 15 is 0 Å². The summed E-state index contributed by atoms with van der Waals surface area (Å²) in [6, 6.07) is 17.5. The van der Waals surface area contributed by atoms with Crippen LogP contribution >= 0.6 is 19.2 Å². The molecule has 1 atom stereocenters. The van der Waals surface area contributed by atoms with Crippen LogP contribution in [-0.4, -0.2) is 41.5 Å². The number of nitrogens with one attached hydrogen (secondary N) is 1. The lowest BCUT2D eigenvalue weighted by Gasteiger charge is -2.23. The van der Waals surface area contributed by atoms with Crippen molar-refractivity contribution >= 4 is 19.2 Å². The fourth-order valence-electron chi connectivity index (χ4n) is 3.60. The van der Waals surface area contributed by atoms with Gasteiger partial charge in [-0.1, -0.05) is 36.4 Å². The standard InChI is InChI=1S/C26H29N2O7PS/c1-26(2,3)35-36(29,30)34-16-33-24-19(31-4)14-18(15-20(24)32-5)25-27-22(17-10-7-6-8-11-17)23(28-25)21-12-9-13-37-21/h6-15H,16H2,1-5H3,(H,27,28)(H,29,30). The van der Waals surface area contributed by atoms with E-state index < -0.39 is 20.2 Å². The third-order valence-corrected chi connectivity index (χ3v) is 7.16. The van der Waals surface area contributed by atoms with Crippen molar-refractivity contribution in [2.45, 2.75) is 26.4 Å². The molecule has 1 unspecified atom stereocenters. The number of H-pyrrole nitrogens is 1. The molecule has 2 N–H and O–H groups in total. The molecule has 0 aliphatic carbocycles. The molecule has 4 rings (SSSR count). The monoisotopic (exact) mass is 544 g/mol. The van der Waals surface area contributed by atoms with Crippen LogP contribution in [0.5, 0.6) is 17.2 Å². The van der Waals surface area contributed by atoms with Gasteiger partial charge in [-0.25, -0.2) is 14.1 Å². The van der Waals surface area contributed by atoms with Crippen LogP contribution in [0.15, 0.2) is 60.0 Å². The van der Waals surface area contributed by atoms with E-state index in [1.54, 1.807) is 44.2 Å². The van der Waals surface area contributed by atoms with Gasteiger partial charge < -0.3 is 24.1 Å². The molecule has 2 heterocycles. The van der Waals surface area contributed by atoms with Crippen LogP contribution < -0.4 is 14.2 Å². The van der Waals surface area contributed by atoms with Crippen molar-refractivity contribution in [1.29, 1.82) is 0 Å². The molecule has 2 aromatic carbocycles. The van der Waals surface area contributed by atoms with Crippen molar-refractivity contribution in [2.24, 2.45) is 0 Å². The van der Waals surface area contributed by atoms with Gasteiger partial charge in [-0.15, -0.1) is 11.3 Å². The number of benzene rings is 2. The lowest BCUT2D eigenvalue weighted by Crippen LogP contribution is -2.18. The van der Waals surface area contributed by atoms with E-state index in [1.807, 2.05) is 47.8 Å². The fraction of sp³-hybridized carbons (Fsp3) is 0.269. The molecule has 0 spiro atoms. The van der Waals surface area contributed by atoms with E-state index in [9.17, 15) is 9.46 Å². The number of aromatic amines is 1. The minimum absolute atomic E-state index is 0.206. The average Bonchev–Trinajstić information content (AvgIpc) is 3.53. The summed E-state index contributed by atoms with van der Waals surface area (Å²) in [7, 11) is -1.36. The number of hydrogen-bond acceptors (Lipinski definition) is 8. The number of imidazole rings is 1. The minimum atomic E-state index is -4.33. The largest absolute Gasteiger partial charge is 0.493 e. The molecule has 0 saturated carbocycles. The molecule has 37 heavy (non-hydrogen) atoms. The van der Waals surface area contributed by atoms with E-state index in [-0.39, 0.29) is 5.75 Å². The maximum Gasteiger partial charge on any atom is 0.475 e. The number of hydrogen-bond donors (Lipinski definition) is 2. The molecule has 0 radical (unpaired) electrons. The summed E-state index contributed by atoms with van der Waals surface area (Å²) in [6.07, 6.45) is 0. The van der Waals surface area contributed by atoms with Crippen LogP contribution in [-0.2, 0) is 13.6 Å². The Kier molecular flexibility index (Phi) is 8.06. The maximum atomic E-state index is 12.2. The first-order valence-corrected chi connectivity index (χ1v) is 13.7. The molecule has 196 valence electrons. The number of phosphoric acid groups is 1. The van der Waals surface area contributed by atoms with Crippen molar-refractivity contribution in [3.63, 3.8) is 0 Å². The van der Waals surface area contributed by atoms with Gasteiger partial charge in [0, 0.05) is 11.1 Å². The van der Waals surface area contributed by atoms with Gasteiger partial charge in [-0.2, -0.15) is 0 Å². The summed E-state index contributed by atoms with van der Waals surface area (Å²) in [5, 5.41) is 2.02. The summed E-state index contributed by atoms with van der Waals surface area (Å²) < 4.78 is 38.9. The number of aromatic nitrogens is 2. The molecule has 9 nitrogen and oxygen atoms in total. The Bertz CT molecular complexity index is 1360. The van der Waals surface area contributed by atoms with Crippen molar-refractivity contribution < 1.29 is 32.7 Å². The first kappa shape index (κ1) is 26.9. The summed E-state index contributed by atoms with van der Waals surface area (Å²) >= 11 is 1.62. The molecular weight excluding hydrogens is 515 g/mol. The van der Waals surface area contributed by atoms with Crippen LogP contribution in [0.3, 0.4) is 0 Å². The van der Waals surface area contributed by atoms with Gasteiger partial charge in [0.1, 0.15) is 5.82 Å². The Morgan fingerprint density at radius 3 is 2.24 bits per heavy atom. The van der Waals surface area contributed by atoms with Crippen LogP contribution in [0, 0.1) is 0 Å². The van der Waals surface area contributed by atoms with Crippen molar-refractivity contribution in [3.8, 4) is 50.5 Å². The van der Waals surface area contributed by atoms with Gasteiger partial charge in [-0.3, -0.25) is 4.52 Å². The highest BCUT2D eigenvalue weighted by Gasteiger charge is 2.29. The maximum absolute atomic E-state index is 12.2. The van der Waals surface area contributed by atoms with Crippen LogP contribution in [0.2, 0.25) is 0 Å². The van der Waals surface area contributed by atoms with Crippen LogP contribution in [0.25, 0.3) is 33.2 Å². The number of rotatable bonds is 10. The molecule has 0 saturated heterocycles. The predicted molar refractivity (Wildman–Crippen MR) is 143 cm³/mol. The van der Waals surface area contributed by atoms with Crippen molar-refractivity contribution in [1.82, 2.24) is 9.97 Å². The third kappa shape index (κ3) is 6.60. The van der Waals surface area contributed by atoms with Crippen LogP contribution in [0.1, 0.15) is 20.8 Å². The second-order valence-electron chi connectivity index (χ2n) is 8.93. The van der Waals surface area contributed by atoms with E-state index in [1.165, 1.54) is 14.2 Å². The molecule has 0 aliphatic heterocycles. The number of ether oxygens (including phenoxy) is 3. The second-order valence-corrected chi connectivity index (χ2v) is 11.3. The lowest BCUT2D eigenvalue weighted by atomic mass is 10.1. The molecular formula is C26H29N2O7PS. The second kappa shape index (κ2) is 11.1. The topological polar surface area (TPSA) is 112 Å². The first-order valence-electron chi connectivity index (χ1n) is 11.4. The molecule has 11 heteroatoms. The van der Waals surface area contributed by atoms with Gasteiger partial charge >= 0.3 is 7.82 Å². The van der Waals surface area contributed by atoms with Gasteiger partial charge in [0.15, 0.2) is 11.5 Å². The smallest absolute Gasteiger partial charge is 0.475 e. The molecule has 4 aromatic rings. The highest BCUT2D eigenvalue weighted by atomic mass is 32.1. The van der Waals surface area contributed by atoms with Gasteiger partial charge in [-0.05, 0) is 44.4 Å². The van der Waals surface area contributed by atoms with Crippen LogP contribution in [0.4, 0.5) is 0 Å². The molecule has 2 aromatic heterocycles. The fourth-order valence-corrected chi connectivity index (χ4v) is 5.25. The highest BCUT2D eigenvalue weighted by Crippen LogP contribution is 2.48. The molecule has 0 aliphatic rings. The summed E-state index contributed by atoms with van der Waals surface area (Å²) in [5.41, 5.74) is 2.54. The summed E-state index contributed by atoms with van der Waals surface area (Å²) in [6.45, 7) is 4.38. The molecule has 0 fully saturated rings. The quantitative estimate of drug-likeness (QED) is 0.166. The van der Waals surface area contributed by atoms with E-state index in [2.05, 4.69) is 4.98 Å². The number of phosphoric ester groups is 1. The zero-order chi connectivity index (χ0) is 26.6.